The molecule has 2 rings (SSSR count). The Kier molecular flexibility index (Phi) is 3.17. The molecule has 0 unspecified atom stereocenters. The van der Waals surface area contributed by atoms with Crippen molar-refractivity contribution in [3.63, 3.8) is 0 Å². The van der Waals surface area contributed by atoms with Crippen molar-refractivity contribution in [3.05, 3.63) is 47.0 Å². The van der Waals surface area contributed by atoms with E-state index in [4.69, 9.17) is 11.5 Å². The number of hydrogen-bond donors (Lipinski definition) is 3. The van der Waals surface area contributed by atoms with Crippen LogP contribution in [0.25, 0.3) is 11.1 Å². The van der Waals surface area contributed by atoms with Gasteiger partial charge in [-0.05, 0) is 42.7 Å². The zero-order valence-corrected chi connectivity index (χ0v) is 10.9. The second-order valence-corrected chi connectivity index (χ2v) is 4.53. The summed E-state index contributed by atoms with van der Waals surface area (Å²) in [5, 5.41) is 9.82. The molecule has 0 fully saturated rings. The Hall–Kier alpha value is -2.49. The van der Waals surface area contributed by atoms with Gasteiger partial charge < -0.3 is 16.6 Å². The molecule has 98 valence electrons. The van der Waals surface area contributed by atoms with Crippen LogP contribution in [-0.4, -0.2) is 11.0 Å². The van der Waals surface area contributed by atoms with Crippen LogP contribution in [0.2, 0.25) is 0 Å². The van der Waals surface area contributed by atoms with Crippen LogP contribution in [0.1, 0.15) is 21.5 Å². The minimum Gasteiger partial charge on any atom is -0.508 e. The zero-order chi connectivity index (χ0) is 14.2. The normalized spacial score (nSPS) is 10.4. The van der Waals surface area contributed by atoms with E-state index in [-0.39, 0.29) is 5.75 Å². The van der Waals surface area contributed by atoms with Gasteiger partial charge in [0.2, 0.25) is 0 Å². The highest BCUT2D eigenvalue weighted by molar-refractivity contribution is 6.02. The van der Waals surface area contributed by atoms with Crippen molar-refractivity contribution >= 4 is 11.6 Å². The molecule has 2 aromatic carbocycles. The fraction of sp³-hybridized carbons (Fsp3) is 0.133. The number of carbonyl (C=O) groups excluding carboxylic acids is 1. The summed E-state index contributed by atoms with van der Waals surface area (Å²) in [7, 11) is 0. The number of anilines is 1. The Balaban J connectivity index is 2.77. The number of primary amides is 1. The van der Waals surface area contributed by atoms with Crippen molar-refractivity contribution in [3.8, 4) is 16.9 Å². The van der Waals surface area contributed by atoms with E-state index in [0.717, 1.165) is 16.7 Å². The lowest BCUT2D eigenvalue weighted by molar-refractivity contribution is 0.100. The lowest BCUT2D eigenvalue weighted by Crippen LogP contribution is -2.14. The molecular weight excluding hydrogens is 240 g/mol. The van der Waals surface area contributed by atoms with E-state index in [1.807, 2.05) is 26.0 Å². The Morgan fingerprint density at radius 1 is 1.16 bits per heavy atom. The highest BCUT2D eigenvalue weighted by atomic mass is 16.3. The van der Waals surface area contributed by atoms with Crippen molar-refractivity contribution in [2.45, 2.75) is 13.8 Å². The Morgan fingerprint density at radius 3 is 2.47 bits per heavy atom. The SMILES string of the molecule is Cc1ccc(O)c(C)c1-c1cccc(C(N)=O)c1N. The summed E-state index contributed by atoms with van der Waals surface area (Å²) in [6.45, 7) is 3.74. The maximum atomic E-state index is 11.3. The fourth-order valence-corrected chi connectivity index (χ4v) is 2.25. The van der Waals surface area contributed by atoms with Crippen LogP contribution < -0.4 is 11.5 Å². The van der Waals surface area contributed by atoms with Crippen molar-refractivity contribution in [2.75, 3.05) is 5.73 Å². The molecule has 2 aromatic rings. The number of carbonyl (C=O) groups is 1. The minimum atomic E-state index is -0.560. The molecule has 0 saturated carbocycles. The van der Waals surface area contributed by atoms with Gasteiger partial charge in [0.15, 0.2) is 0 Å². The van der Waals surface area contributed by atoms with E-state index in [1.165, 1.54) is 0 Å². The lowest BCUT2D eigenvalue weighted by Gasteiger charge is -2.15. The van der Waals surface area contributed by atoms with Gasteiger partial charge in [-0.2, -0.15) is 0 Å². The Morgan fingerprint density at radius 2 is 1.84 bits per heavy atom. The molecule has 0 bridgehead atoms. The summed E-state index contributed by atoms with van der Waals surface area (Å²) in [6.07, 6.45) is 0. The van der Waals surface area contributed by atoms with Gasteiger partial charge >= 0.3 is 0 Å². The fourth-order valence-electron chi connectivity index (χ4n) is 2.25. The summed E-state index contributed by atoms with van der Waals surface area (Å²) in [5.41, 5.74) is 15.2. The third-order valence-corrected chi connectivity index (χ3v) is 3.29. The Labute approximate surface area is 111 Å². The summed E-state index contributed by atoms with van der Waals surface area (Å²) < 4.78 is 0. The number of aromatic hydroxyl groups is 1. The quantitative estimate of drug-likeness (QED) is 0.720. The summed E-state index contributed by atoms with van der Waals surface area (Å²) in [6, 6.07) is 8.59. The summed E-state index contributed by atoms with van der Waals surface area (Å²) in [5.74, 6) is -0.362. The highest BCUT2D eigenvalue weighted by Gasteiger charge is 2.15. The number of phenolic OH excluding ortho intramolecular Hbond substituents is 1. The van der Waals surface area contributed by atoms with Crippen LogP contribution in [0, 0.1) is 13.8 Å². The minimum absolute atomic E-state index is 0.199. The zero-order valence-electron chi connectivity index (χ0n) is 10.9. The second-order valence-electron chi connectivity index (χ2n) is 4.53. The van der Waals surface area contributed by atoms with Crippen LogP contribution in [-0.2, 0) is 0 Å². The van der Waals surface area contributed by atoms with Crippen molar-refractivity contribution in [2.24, 2.45) is 5.73 Å². The number of nitrogen functional groups attached to an aromatic ring is 1. The molecule has 19 heavy (non-hydrogen) atoms. The number of aryl methyl sites for hydroxylation is 1. The van der Waals surface area contributed by atoms with Gasteiger partial charge in [-0.3, -0.25) is 4.79 Å². The van der Waals surface area contributed by atoms with Gasteiger partial charge in [-0.15, -0.1) is 0 Å². The largest absolute Gasteiger partial charge is 0.508 e. The van der Waals surface area contributed by atoms with Crippen LogP contribution >= 0.6 is 0 Å². The average Bonchev–Trinajstić information content (AvgIpc) is 2.36. The number of hydrogen-bond acceptors (Lipinski definition) is 3. The maximum absolute atomic E-state index is 11.3. The second kappa shape index (κ2) is 4.65. The molecule has 0 radical (unpaired) electrons. The molecule has 0 aliphatic rings. The third kappa shape index (κ3) is 2.12. The average molecular weight is 256 g/mol. The molecule has 0 saturated heterocycles. The molecule has 0 aliphatic carbocycles. The number of rotatable bonds is 2. The highest BCUT2D eigenvalue weighted by Crippen LogP contribution is 2.36. The van der Waals surface area contributed by atoms with Crippen LogP contribution in [0.5, 0.6) is 5.75 Å². The van der Waals surface area contributed by atoms with E-state index in [2.05, 4.69) is 0 Å². The van der Waals surface area contributed by atoms with Crippen molar-refractivity contribution in [1.82, 2.24) is 0 Å². The number of amides is 1. The van der Waals surface area contributed by atoms with E-state index in [0.29, 0.717) is 16.8 Å². The summed E-state index contributed by atoms with van der Waals surface area (Å²) >= 11 is 0. The number of phenols is 1. The third-order valence-electron chi connectivity index (χ3n) is 3.29. The molecule has 4 heteroatoms. The van der Waals surface area contributed by atoms with Crippen LogP contribution in [0.3, 0.4) is 0 Å². The molecule has 0 spiro atoms. The number of nitrogens with two attached hydrogens (primary N) is 2. The molecule has 0 atom stereocenters. The predicted molar refractivity (Wildman–Crippen MR) is 75.9 cm³/mol. The molecule has 0 heterocycles. The van der Waals surface area contributed by atoms with Crippen LogP contribution in [0.4, 0.5) is 5.69 Å². The predicted octanol–water partition coefficient (Wildman–Crippen LogP) is 2.36. The van der Waals surface area contributed by atoms with Crippen molar-refractivity contribution in [1.29, 1.82) is 0 Å². The van der Waals surface area contributed by atoms with Gasteiger partial charge in [0.05, 0.1) is 11.3 Å². The first-order chi connectivity index (χ1) is 8.93. The molecule has 0 aliphatic heterocycles. The van der Waals surface area contributed by atoms with E-state index in [9.17, 15) is 9.90 Å². The molecule has 4 nitrogen and oxygen atoms in total. The molecule has 1 amide bonds. The standard InChI is InChI=1S/C15H16N2O2/c1-8-6-7-12(18)9(2)13(8)10-4-3-5-11(14(10)16)15(17)19/h3-7,18H,16H2,1-2H3,(H2,17,19). The Bertz CT molecular complexity index is 663. The molecule has 0 aromatic heterocycles. The van der Waals surface area contributed by atoms with Crippen LogP contribution in [0.15, 0.2) is 30.3 Å². The van der Waals surface area contributed by atoms with Gasteiger partial charge in [-0.25, -0.2) is 0 Å². The molecular formula is C15H16N2O2. The number of para-hydroxylation sites is 1. The van der Waals surface area contributed by atoms with Gasteiger partial charge in [0, 0.05) is 5.56 Å². The maximum Gasteiger partial charge on any atom is 0.250 e. The van der Waals surface area contributed by atoms with E-state index < -0.39 is 5.91 Å². The first-order valence-electron chi connectivity index (χ1n) is 5.91. The summed E-state index contributed by atoms with van der Waals surface area (Å²) in [4.78, 5) is 11.3. The monoisotopic (exact) mass is 256 g/mol. The topological polar surface area (TPSA) is 89.3 Å². The van der Waals surface area contributed by atoms with Gasteiger partial charge in [0.25, 0.3) is 5.91 Å². The first kappa shape index (κ1) is 13.0. The molecule has 5 N–H and O–H groups in total. The smallest absolute Gasteiger partial charge is 0.250 e. The van der Waals surface area contributed by atoms with Crippen molar-refractivity contribution < 1.29 is 9.90 Å². The van der Waals surface area contributed by atoms with Gasteiger partial charge in [0.1, 0.15) is 5.75 Å². The number of benzene rings is 2. The van der Waals surface area contributed by atoms with E-state index >= 15 is 0 Å². The van der Waals surface area contributed by atoms with Gasteiger partial charge in [-0.1, -0.05) is 18.2 Å². The lowest BCUT2D eigenvalue weighted by atomic mass is 9.92. The first-order valence-corrected chi connectivity index (χ1v) is 5.91. The van der Waals surface area contributed by atoms with E-state index in [1.54, 1.807) is 18.2 Å².